The molecular formula is C45H64F2N12O13. The summed E-state index contributed by atoms with van der Waals surface area (Å²) in [5.74, 6) is -8.80. The Morgan fingerprint density at radius 1 is 0.736 bits per heavy atom. The number of alkyl halides is 2. The van der Waals surface area contributed by atoms with Crippen LogP contribution >= 0.6 is 0 Å². The van der Waals surface area contributed by atoms with E-state index in [9.17, 15) is 67.7 Å². The molecule has 72 heavy (non-hydrogen) atoms. The van der Waals surface area contributed by atoms with E-state index in [1.165, 1.54) is 12.3 Å². The van der Waals surface area contributed by atoms with Crippen LogP contribution in [0.1, 0.15) is 23.2 Å². The molecule has 396 valence electrons. The standard InChI is InChI=1S/C45H64F2N12O13/c1-54(32-2-3-36-35(22-32)34(4-6-49-36)44(70)53-25-40(63)59-31-45(46,47)23-33(59)24-48)10-5-37(60)50-7-8-51-39(62)30-72-21-20-71-19-9-52-38(61)26-55-11-13-56(27-41(64)65)15-17-58(29-43(68)69)18-16-57(14-12-55)28-42(66)67/h2-4,6,22,33H,5,7-21,23,25-31H2,1H3,(H,50,60)(H,51,62)(H,52,61)(H,53,70)(H,64,65)(H,66,67)(H,68,69)/t33-/m0/s1. The molecule has 0 radical (unpaired) electrons. The molecule has 3 heterocycles. The summed E-state index contributed by atoms with van der Waals surface area (Å²) in [4.78, 5) is 111. The third-order valence-corrected chi connectivity index (χ3v) is 11.5. The molecule has 0 bridgehead atoms. The number of carboxylic acid groups (broad SMARTS) is 3. The van der Waals surface area contributed by atoms with E-state index in [0.717, 1.165) is 4.90 Å². The lowest BCUT2D eigenvalue weighted by Gasteiger charge is -2.32. The molecule has 0 unspecified atom stereocenters. The van der Waals surface area contributed by atoms with Gasteiger partial charge in [0.05, 0.1) is 76.2 Å². The number of amides is 5. The Morgan fingerprint density at radius 3 is 1.85 bits per heavy atom. The summed E-state index contributed by atoms with van der Waals surface area (Å²) in [6.45, 7) is 0.721. The van der Waals surface area contributed by atoms with Crippen LogP contribution in [0.2, 0.25) is 0 Å². The lowest BCUT2D eigenvalue weighted by atomic mass is 10.1. The number of nitrogens with zero attached hydrogens (tertiary/aromatic N) is 8. The number of carbonyl (C=O) groups is 8. The lowest BCUT2D eigenvalue weighted by molar-refractivity contribution is -0.140. The van der Waals surface area contributed by atoms with Gasteiger partial charge in [-0.3, -0.25) is 62.9 Å². The van der Waals surface area contributed by atoms with Crippen molar-refractivity contribution in [3.63, 3.8) is 0 Å². The Morgan fingerprint density at radius 2 is 1.28 bits per heavy atom. The zero-order valence-corrected chi connectivity index (χ0v) is 40.2. The highest BCUT2D eigenvalue weighted by atomic mass is 19.3. The molecule has 27 heteroatoms. The Balaban J connectivity index is 1.07. The number of halogens is 2. The fourth-order valence-corrected chi connectivity index (χ4v) is 7.75. The van der Waals surface area contributed by atoms with Crippen LogP contribution in [0.15, 0.2) is 30.5 Å². The summed E-state index contributed by atoms with van der Waals surface area (Å²) in [7, 11) is 1.75. The zero-order chi connectivity index (χ0) is 52.6. The summed E-state index contributed by atoms with van der Waals surface area (Å²) < 4.78 is 38.5. The van der Waals surface area contributed by atoms with E-state index in [0.29, 0.717) is 29.7 Å². The molecule has 1 atom stereocenters. The van der Waals surface area contributed by atoms with Crippen LogP contribution in [0.5, 0.6) is 0 Å². The van der Waals surface area contributed by atoms with Gasteiger partial charge in [-0.15, -0.1) is 0 Å². The number of benzene rings is 1. The van der Waals surface area contributed by atoms with Gasteiger partial charge in [0.1, 0.15) is 12.6 Å². The number of hydrogen-bond donors (Lipinski definition) is 7. The van der Waals surface area contributed by atoms with Gasteiger partial charge in [-0.25, -0.2) is 8.78 Å². The molecule has 2 aromatic rings. The molecule has 2 saturated heterocycles. The Hall–Kier alpha value is -6.70. The highest BCUT2D eigenvalue weighted by Crippen LogP contribution is 2.31. The van der Waals surface area contributed by atoms with Crippen molar-refractivity contribution < 1.29 is 71.9 Å². The van der Waals surface area contributed by atoms with Gasteiger partial charge in [0.25, 0.3) is 11.8 Å². The number of fused-ring (bicyclic) bond motifs is 1. The van der Waals surface area contributed by atoms with Gasteiger partial charge in [0.2, 0.25) is 23.6 Å². The van der Waals surface area contributed by atoms with E-state index in [1.54, 1.807) is 55.8 Å². The second-order valence-electron chi connectivity index (χ2n) is 17.1. The van der Waals surface area contributed by atoms with Crippen molar-refractivity contribution in [2.24, 2.45) is 0 Å². The topological polar surface area (TPSA) is 320 Å². The quantitative estimate of drug-likeness (QED) is 0.0476. The Bertz CT molecular complexity index is 2210. The highest BCUT2D eigenvalue weighted by Gasteiger charge is 2.47. The van der Waals surface area contributed by atoms with Crippen LogP contribution in [0.25, 0.3) is 10.9 Å². The molecular weight excluding hydrogens is 955 g/mol. The van der Waals surface area contributed by atoms with Crippen molar-refractivity contribution >= 4 is 64.0 Å². The first-order valence-corrected chi connectivity index (χ1v) is 23.3. The second kappa shape index (κ2) is 29.6. The van der Waals surface area contributed by atoms with Crippen LogP contribution in [-0.4, -0.2) is 255 Å². The normalized spacial score (nSPS) is 17.2. The maximum atomic E-state index is 13.8. The van der Waals surface area contributed by atoms with E-state index in [4.69, 9.17) is 9.47 Å². The SMILES string of the molecule is CN(CCC(=O)NCCNC(=O)COCCOCCNC(=O)CN1CCN(CC(=O)O)CCN(CC(=O)O)CCN(CC(=O)O)CC1)c1ccc2nccc(C(=O)NCC(=O)N3CC(F)(F)C[C@H]3C#N)c2c1. The first-order valence-electron chi connectivity index (χ1n) is 23.3. The minimum atomic E-state index is -3.19. The molecule has 25 nitrogen and oxygen atoms in total. The Labute approximate surface area is 414 Å². The van der Waals surface area contributed by atoms with Crippen LogP contribution in [0.3, 0.4) is 0 Å². The predicted molar refractivity (Wildman–Crippen MR) is 252 cm³/mol. The number of nitriles is 1. The molecule has 4 rings (SSSR count). The van der Waals surface area contributed by atoms with Crippen LogP contribution < -0.4 is 26.2 Å². The first kappa shape index (κ1) is 57.9. The van der Waals surface area contributed by atoms with Gasteiger partial charge in [-0.05, 0) is 24.3 Å². The van der Waals surface area contributed by atoms with Crippen LogP contribution in [0, 0.1) is 11.3 Å². The van der Waals surface area contributed by atoms with Crippen molar-refractivity contribution in [2.45, 2.75) is 24.8 Å². The number of likely N-dealkylation sites (tertiary alicyclic amines) is 1. The number of anilines is 1. The number of rotatable bonds is 26. The Kier molecular flexibility index (Phi) is 23.8. The van der Waals surface area contributed by atoms with Crippen molar-refractivity contribution in [3.8, 4) is 6.07 Å². The van der Waals surface area contributed by atoms with Crippen molar-refractivity contribution in [1.82, 2.24) is 50.8 Å². The van der Waals surface area contributed by atoms with Gasteiger partial charge < -0.3 is 55.9 Å². The number of pyridine rings is 1. The summed E-state index contributed by atoms with van der Waals surface area (Å²) in [6.07, 6.45) is 0.748. The molecule has 1 aromatic heterocycles. The number of aliphatic carboxylic acids is 3. The zero-order valence-electron chi connectivity index (χ0n) is 40.2. The average molecular weight is 1020 g/mol. The third kappa shape index (κ3) is 20.9. The number of nitrogens with one attached hydrogen (secondary N) is 4. The van der Waals surface area contributed by atoms with E-state index >= 15 is 0 Å². The number of ether oxygens (including phenoxy) is 2. The molecule has 7 N–H and O–H groups in total. The van der Waals surface area contributed by atoms with E-state index in [-0.39, 0.29) is 142 Å². The predicted octanol–water partition coefficient (Wildman–Crippen LogP) is -2.59. The van der Waals surface area contributed by atoms with E-state index in [1.807, 2.05) is 0 Å². The van der Waals surface area contributed by atoms with Gasteiger partial charge >= 0.3 is 17.9 Å². The minimum absolute atomic E-state index is 0.0402. The van der Waals surface area contributed by atoms with Crippen molar-refractivity contribution in [1.29, 1.82) is 5.26 Å². The molecule has 2 aliphatic heterocycles. The van der Waals surface area contributed by atoms with Gasteiger partial charge in [0.15, 0.2) is 0 Å². The molecule has 2 fully saturated rings. The molecule has 2 aliphatic rings. The van der Waals surface area contributed by atoms with Gasteiger partial charge in [0, 0.05) is 116 Å². The molecule has 0 aliphatic carbocycles. The lowest BCUT2D eigenvalue weighted by Crippen LogP contribution is -2.50. The fourth-order valence-electron chi connectivity index (χ4n) is 7.75. The molecule has 5 amide bonds. The fraction of sp³-hybridized carbons (Fsp3) is 0.600. The molecule has 0 spiro atoms. The first-order chi connectivity index (χ1) is 34.3. The number of hydrogen-bond acceptors (Lipinski definition) is 17. The van der Waals surface area contributed by atoms with Crippen LogP contribution in [-0.2, 0) is 43.0 Å². The van der Waals surface area contributed by atoms with Crippen molar-refractivity contribution in [3.05, 3.63) is 36.0 Å². The maximum Gasteiger partial charge on any atom is 0.317 e. The van der Waals surface area contributed by atoms with E-state index in [2.05, 4.69) is 26.3 Å². The second-order valence-corrected chi connectivity index (χ2v) is 17.1. The summed E-state index contributed by atoms with van der Waals surface area (Å²) in [5, 5.41) is 48.4. The number of carboxylic acids is 3. The number of carbonyl (C=O) groups excluding carboxylic acids is 5. The highest BCUT2D eigenvalue weighted by molar-refractivity contribution is 6.07. The minimum Gasteiger partial charge on any atom is -0.480 e. The van der Waals surface area contributed by atoms with E-state index < -0.39 is 67.1 Å². The summed E-state index contributed by atoms with van der Waals surface area (Å²) in [5.41, 5.74) is 1.32. The van der Waals surface area contributed by atoms with Crippen molar-refractivity contribution in [2.75, 3.05) is 156 Å². The van der Waals surface area contributed by atoms with Crippen LogP contribution in [0.4, 0.5) is 14.5 Å². The number of aromatic nitrogens is 1. The molecule has 0 saturated carbocycles. The largest absolute Gasteiger partial charge is 0.480 e. The third-order valence-electron chi connectivity index (χ3n) is 11.5. The molecule has 1 aromatic carbocycles. The summed E-state index contributed by atoms with van der Waals surface area (Å²) >= 11 is 0. The smallest absolute Gasteiger partial charge is 0.317 e. The van der Waals surface area contributed by atoms with Gasteiger partial charge in [-0.1, -0.05) is 0 Å². The van der Waals surface area contributed by atoms with Gasteiger partial charge in [-0.2, -0.15) is 5.26 Å². The summed E-state index contributed by atoms with van der Waals surface area (Å²) in [6, 6.07) is 7.02. The maximum absolute atomic E-state index is 13.8. The average Bonchev–Trinajstić information content (AvgIpc) is 3.66. The monoisotopic (exact) mass is 1020 g/mol.